The molecule has 0 atom stereocenters. The SMILES string of the molecule is CC1CCC(C(=O)O)CC1.COc1cccc2c(C)c(C(=O)Nc3ccc(C4CCN(C=O)CC4)cc3)[nH]c12. The Labute approximate surface area is 229 Å². The van der Waals surface area contributed by atoms with Gasteiger partial charge < -0.3 is 25.0 Å². The van der Waals surface area contributed by atoms with Crippen molar-refractivity contribution in [2.45, 2.75) is 58.3 Å². The lowest BCUT2D eigenvalue weighted by Gasteiger charge is -2.29. The first kappa shape index (κ1) is 28.2. The van der Waals surface area contributed by atoms with Crippen molar-refractivity contribution in [2.75, 3.05) is 25.5 Å². The Kier molecular flexibility index (Phi) is 9.28. The van der Waals surface area contributed by atoms with E-state index in [4.69, 9.17) is 9.84 Å². The van der Waals surface area contributed by atoms with E-state index in [2.05, 4.69) is 29.4 Å². The van der Waals surface area contributed by atoms with Gasteiger partial charge in [0.2, 0.25) is 6.41 Å². The van der Waals surface area contributed by atoms with Crippen LogP contribution in [0.4, 0.5) is 5.69 Å². The molecule has 2 aliphatic rings. The van der Waals surface area contributed by atoms with Gasteiger partial charge in [0.1, 0.15) is 11.4 Å². The van der Waals surface area contributed by atoms with Crippen molar-refractivity contribution in [1.82, 2.24) is 9.88 Å². The van der Waals surface area contributed by atoms with E-state index in [1.807, 2.05) is 42.2 Å². The van der Waals surface area contributed by atoms with Gasteiger partial charge in [-0.3, -0.25) is 14.4 Å². The molecule has 1 aliphatic heterocycles. The van der Waals surface area contributed by atoms with E-state index in [1.165, 1.54) is 5.56 Å². The van der Waals surface area contributed by atoms with E-state index >= 15 is 0 Å². The monoisotopic (exact) mass is 533 g/mol. The van der Waals surface area contributed by atoms with Gasteiger partial charge in [0, 0.05) is 24.2 Å². The van der Waals surface area contributed by atoms with Crippen LogP contribution >= 0.6 is 0 Å². The number of hydrogen-bond donors (Lipinski definition) is 3. The number of hydrogen-bond acceptors (Lipinski definition) is 4. The van der Waals surface area contributed by atoms with Crippen LogP contribution in [0.1, 0.15) is 73.0 Å². The Morgan fingerprint density at radius 1 is 1.03 bits per heavy atom. The minimum absolute atomic E-state index is 0.0452. The number of aryl methyl sites for hydroxylation is 1. The van der Waals surface area contributed by atoms with E-state index in [9.17, 15) is 14.4 Å². The lowest BCUT2D eigenvalue weighted by Crippen LogP contribution is -2.31. The summed E-state index contributed by atoms with van der Waals surface area (Å²) in [5.74, 6) is 1.10. The molecule has 39 heavy (non-hydrogen) atoms. The maximum atomic E-state index is 12.8. The number of carboxylic acid groups (broad SMARTS) is 1. The van der Waals surface area contributed by atoms with E-state index in [0.717, 1.165) is 91.8 Å². The van der Waals surface area contributed by atoms with Crippen LogP contribution in [0.2, 0.25) is 0 Å². The van der Waals surface area contributed by atoms with Crippen LogP contribution in [0.5, 0.6) is 5.75 Å². The molecule has 0 bridgehead atoms. The van der Waals surface area contributed by atoms with Crippen LogP contribution in [-0.2, 0) is 9.59 Å². The van der Waals surface area contributed by atoms with Crippen molar-refractivity contribution in [3.05, 3.63) is 59.3 Å². The number of fused-ring (bicyclic) bond motifs is 1. The highest BCUT2D eigenvalue weighted by molar-refractivity contribution is 6.08. The number of nitrogens with zero attached hydrogens (tertiary/aromatic N) is 1. The van der Waals surface area contributed by atoms with Crippen molar-refractivity contribution < 1.29 is 24.2 Å². The molecule has 3 aromatic rings. The molecular formula is C31H39N3O5. The quantitative estimate of drug-likeness (QED) is 0.338. The molecule has 0 radical (unpaired) electrons. The summed E-state index contributed by atoms with van der Waals surface area (Å²) in [6.07, 6.45) is 6.83. The molecule has 2 aromatic carbocycles. The number of piperidine rings is 1. The minimum Gasteiger partial charge on any atom is -0.495 e. The lowest BCUT2D eigenvalue weighted by molar-refractivity contribution is -0.143. The number of para-hydroxylation sites is 1. The van der Waals surface area contributed by atoms with Crippen molar-refractivity contribution in [1.29, 1.82) is 0 Å². The molecule has 2 amide bonds. The summed E-state index contributed by atoms with van der Waals surface area (Å²) in [5.41, 5.74) is 4.27. The zero-order valence-corrected chi connectivity index (χ0v) is 23.0. The smallest absolute Gasteiger partial charge is 0.306 e. The number of methoxy groups -OCH3 is 1. The highest BCUT2D eigenvalue weighted by Gasteiger charge is 2.23. The van der Waals surface area contributed by atoms with Gasteiger partial charge in [-0.25, -0.2) is 0 Å². The van der Waals surface area contributed by atoms with Crippen LogP contribution in [0.25, 0.3) is 10.9 Å². The molecule has 5 rings (SSSR count). The van der Waals surface area contributed by atoms with Gasteiger partial charge in [-0.1, -0.05) is 31.2 Å². The normalized spacial score (nSPS) is 19.6. The fourth-order valence-electron chi connectivity index (χ4n) is 5.60. The molecule has 8 nitrogen and oxygen atoms in total. The Morgan fingerprint density at radius 3 is 2.28 bits per heavy atom. The summed E-state index contributed by atoms with van der Waals surface area (Å²) in [4.78, 5) is 39.2. The average Bonchev–Trinajstić information content (AvgIpc) is 3.31. The number of carboxylic acids is 1. The summed E-state index contributed by atoms with van der Waals surface area (Å²) in [6.45, 7) is 5.73. The van der Waals surface area contributed by atoms with Crippen LogP contribution < -0.4 is 10.1 Å². The average molecular weight is 534 g/mol. The van der Waals surface area contributed by atoms with E-state index in [0.29, 0.717) is 11.6 Å². The molecule has 1 saturated heterocycles. The van der Waals surface area contributed by atoms with Crippen LogP contribution in [0, 0.1) is 18.8 Å². The maximum absolute atomic E-state index is 12.8. The summed E-state index contributed by atoms with van der Waals surface area (Å²) in [5, 5.41) is 12.6. The van der Waals surface area contributed by atoms with Gasteiger partial charge in [0.25, 0.3) is 5.91 Å². The van der Waals surface area contributed by atoms with Gasteiger partial charge in [-0.05, 0) is 86.6 Å². The highest BCUT2D eigenvalue weighted by Crippen LogP contribution is 2.31. The third-order valence-electron chi connectivity index (χ3n) is 8.19. The van der Waals surface area contributed by atoms with E-state index in [-0.39, 0.29) is 11.8 Å². The fourth-order valence-corrected chi connectivity index (χ4v) is 5.60. The van der Waals surface area contributed by atoms with Crippen molar-refractivity contribution in [2.24, 2.45) is 11.8 Å². The first-order valence-corrected chi connectivity index (χ1v) is 13.8. The molecular weight excluding hydrogens is 494 g/mol. The summed E-state index contributed by atoms with van der Waals surface area (Å²) in [7, 11) is 1.62. The highest BCUT2D eigenvalue weighted by atomic mass is 16.5. The number of ether oxygens (including phenoxy) is 1. The van der Waals surface area contributed by atoms with Gasteiger partial charge in [0.05, 0.1) is 18.5 Å². The second kappa shape index (κ2) is 12.8. The molecule has 8 heteroatoms. The number of aromatic nitrogens is 1. The molecule has 1 aromatic heterocycles. The minimum atomic E-state index is -0.605. The molecule has 1 aliphatic carbocycles. The number of carbonyl (C=O) groups excluding carboxylic acids is 2. The third-order valence-corrected chi connectivity index (χ3v) is 8.19. The maximum Gasteiger partial charge on any atom is 0.306 e. The van der Waals surface area contributed by atoms with Crippen LogP contribution in [0.15, 0.2) is 42.5 Å². The second-order valence-electron chi connectivity index (χ2n) is 10.8. The summed E-state index contributed by atoms with van der Waals surface area (Å²) >= 11 is 0. The number of amides is 2. The Morgan fingerprint density at radius 2 is 1.69 bits per heavy atom. The van der Waals surface area contributed by atoms with Crippen molar-refractivity contribution in [3.63, 3.8) is 0 Å². The summed E-state index contributed by atoms with van der Waals surface area (Å²) < 4.78 is 5.39. The fraction of sp³-hybridized carbons (Fsp3) is 0.452. The van der Waals surface area contributed by atoms with E-state index < -0.39 is 5.97 Å². The lowest BCUT2D eigenvalue weighted by atomic mass is 9.83. The summed E-state index contributed by atoms with van der Waals surface area (Å²) in [6, 6.07) is 13.8. The molecule has 0 unspecified atom stereocenters. The number of rotatable bonds is 6. The largest absolute Gasteiger partial charge is 0.495 e. The van der Waals surface area contributed by atoms with Gasteiger partial charge in [-0.15, -0.1) is 0 Å². The number of likely N-dealkylation sites (tertiary alicyclic amines) is 1. The van der Waals surface area contributed by atoms with Crippen molar-refractivity contribution in [3.8, 4) is 5.75 Å². The first-order valence-electron chi connectivity index (χ1n) is 13.8. The molecule has 0 spiro atoms. The number of aliphatic carboxylic acids is 1. The second-order valence-corrected chi connectivity index (χ2v) is 10.8. The molecule has 1 saturated carbocycles. The number of benzene rings is 2. The molecule has 2 heterocycles. The zero-order valence-electron chi connectivity index (χ0n) is 23.0. The Balaban J connectivity index is 0.000000298. The number of aromatic amines is 1. The number of anilines is 1. The standard InChI is InChI=1S/C23H25N3O3.C8H14O2/c1-15-19-4-3-5-20(29-2)22(19)25-21(15)23(28)24-18-8-6-16(7-9-18)17-10-12-26(14-27)13-11-17;1-6-2-4-7(5-3-6)8(9)10/h3-9,14,17,25H,10-13H2,1-2H3,(H,24,28);6-7H,2-5H2,1H3,(H,9,10). The predicted octanol–water partition coefficient (Wildman–Crippen LogP) is 5.97. The van der Waals surface area contributed by atoms with Crippen LogP contribution in [-0.4, -0.2) is 53.5 Å². The van der Waals surface area contributed by atoms with Crippen LogP contribution in [0.3, 0.4) is 0 Å². The van der Waals surface area contributed by atoms with Crippen molar-refractivity contribution >= 4 is 34.9 Å². The topological polar surface area (TPSA) is 112 Å². The molecule has 208 valence electrons. The van der Waals surface area contributed by atoms with Gasteiger partial charge >= 0.3 is 5.97 Å². The number of nitrogens with one attached hydrogen (secondary N) is 2. The Bertz CT molecular complexity index is 1280. The van der Waals surface area contributed by atoms with Gasteiger partial charge in [0.15, 0.2) is 0 Å². The number of H-pyrrole nitrogens is 1. The number of carbonyl (C=O) groups is 3. The van der Waals surface area contributed by atoms with Gasteiger partial charge in [-0.2, -0.15) is 0 Å². The van der Waals surface area contributed by atoms with E-state index in [1.54, 1.807) is 7.11 Å². The molecule has 3 N–H and O–H groups in total. The first-order chi connectivity index (χ1) is 18.8. The predicted molar refractivity (Wildman–Crippen MR) is 152 cm³/mol. The molecule has 2 fully saturated rings. The zero-order chi connectivity index (χ0) is 27.9. The third kappa shape index (κ3) is 6.80. The Hall–Kier alpha value is -3.81.